The molecule has 0 unspecified atom stereocenters. The van der Waals surface area contributed by atoms with Gasteiger partial charge in [0.1, 0.15) is 0 Å². The number of aromatic nitrogens is 3. The van der Waals surface area contributed by atoms with Crippen molar-refractivity contribution < 1.29 is 22.3 Å². The average molecular weight is 453 g/mol. The molecule has 0 bridgehead atoms. The van der Waals surface area contributed by atoms with Gasteiger partial charge in [0.15, 0.2) is 0 Å². The van der Waals surface area contributed by atoms with Crippen LogP contribution in [0.15, 0.2) is 79.1 Å². The lowest BCUT2D eigenvalue weighted by molar-refractivity contribution is -0.139. The van der Waals surface area contributed by atoms with Gasteiger partial charge >= 0.3 is 6.18 Å². The van der Waals surface area contributed by atoms with Crippen molar-refractivity contribution in [2.75, 3.05) is 6.61 Å². The number of hydrogen-bond donors (Lipinski definition) is 0. The highest BCUT2D eigenvalue weighted by atomic mass is 19.4. The lowest BCUT2D eigenvalue weighted by Gasteiger charge is -2.11. The molecule has 0 saturated carbocycles. The Bertz CT molecular complexity index is 1210. The Kier molecular flexibility index (Phi) is 6.63. The first-order valence-corrected chi connectivity index (χ1v) is 10.2. The fourth-order valence-corrected chi connectivity index (χ4v) is 3.31. The van der Waals surface area contributed by atoms with Gasteiger partial charge in [-0.05, 0) is 41.5 Å². The van der Waals surface area contributed by atoms with E-state index in [1.54, 1.807) is 12.1 Å². The summed E-state index contributed by atoms with van der Waals surface area (Å²) in [5, 5.41) is 0. The van der Waals surface area contributed by atoms with Crippen molar-refractivity contribution in [3.8, 4) is 28.3 Å². The van der Waals surface area contributed by atoms with Gasteiger partial charge in [-0.3, -0.25) is 4.98 Å². The van der Waals surface area contributed by atoms with Crippen LogP contribution in [0, 0.1) is 5.95 Å². The van der Waals surface area contributed by atoms with E-state index in [1.165, 1.54) is 24.5 Å². The number of rotatable bonds is 7. The number of halogens is 4. The molecule has 0 aliphatic carbocycles. The van der Waals surface area contributed by atoms with E-state index in [2.05, 4.69) is 9.97 Å². The molecule has 0 amide bonds. The third-order valence-electron chi connectivity index (χ3n) is 4.90. The highest BCUT2D eigenvalue weighted by Crippen LogP contribution is 2.26. The van der Waals surface area contributed by atoms with Crippen molar-refractivity contribution in [2.24, 2.45) is 0 Å². The maximum atomic E-state index is 13.2. The van der Waals surface area contributed by atoms with Gasteiger partial charge in [0.05, 0.1) is 18.7 Å². The quantitative estimate of drug-likeness (QED) is 0.245. The third-order valence-corrected chi connectivity index (χ3v) is 4.90. The molecule has 8 heteroatoms. The molecule has 4 rings (SSSR count). The summed E-state index contributed by atoms with van der Waals surface area (Å²) in [4.78, 5) is 12.5. The monoisotopic (exact) mass is 453 g/mol. The molecule has 3 heterocycles. The van der Waals surface area contributed by atoms with Crippen molar-refractivity contribution in [1.82, 2.24) is 15.0 Å². The van der Waals surface area contributed by atoms with Gasteiger partial charge < -0.3 is 4.74 Å². The van der Waals surface area contributed by atoms with E-state index in [0.717, 1.165) is 27.9 Å². The van der Waals surface area contributed by atoms with Crippen LogP contribution in [-0.4, -0.2) is 27.7 Å². The largest absolute Gasteiger partial charge is 0.477 e. The van der Waals surface area contributed by atoms with E-state index >= 15 is 0 Å². The molecule has 0 aliphatic rings. The van der Waals surface area contributed by atoms with Crippen LogP contribution >= 0.6 is 0 Å². The van der Waals surface area contributed by atoms with Crippen LogP contribution in [0.2, 0.25) is 0 Å². The smallest absolute Gasteiger partial charge is 0.392 e. The van der Waals surface area contributed by atoms with Crippen LogP contribution in [0.3, 0.4) is 0 Å². The Morgan fingerprint density at radius 1 is 0.788 bits per heavy atom. The van der Waals surface area contributed by atoms with Crippen LogP contribution < -0.4 is 4.74 Å². The van der Waals surface area contributed by atoms with E-state index in [0.29, 0.717) is 12.1 Å². The molecule has 33 heavy (non-hydrogen) atoms. The molecule has 4 nitrogen and oxygen atoms in total. The van der Waals surface area contributed by atoms with E-state index < -0.39 is 25.2 Å². The first-order chi connectivity index (χ1) is 15.9. The number of ether oxygens (including phenoxy) is 1. The summed E-state index contributed by atoms with van der Waals surface area (Å²) in [7, 11) is 0. The molecule has 3 aromatic heterocycles. The molecule has 0 saturated heterocycles. The minimum Gasteiger partial charge on any atom is -0.477 e. The van der Waals surface area contributed by atoms with Crippen LogP contribution in [-0.2, 0) is 6.42 Å². The Morgan fingerprint density at radius 3 is 2.30 bits per heavy atom. The van der Waals surface area contributed by atoms with Gasteiger partial charge in [0.2, 0.25) is 11.8 Å². The van der Waals surface area contributed by atoms with E-state index in [9.17, 15) is 17.6 Å². The van der Waals surface area contributed by atoms with Crippen molar-refractivity contribution in [3.63, 3.8) is 0 Å². The summed E-state index contributed by atoms with van der Waals surface area (Å²) >= 11 is 0. The Hall–Kier alpha value is -3.81. The van der Waals surface area contributed by atoms with Gasteiger partial charge in [-0.15, -0.1) is 0 Å². The number of pyridine rings is 3. The van der Waals surface area contributed by atoms with Crippen LogP contribution in [0.1, 0.15) is 17.7 Å². The zero-order chi connectivity index (χ0) is 23.3. The summed E-state index contributed by atoms with van der Waals surface area (Å²) in [5.41, 5.74) is 4.99. The highest BCUT2D eigenvalue weighted by molar-refractivity contribution is 5.67. The molecule has 0 radical (unpaired) electrons. The van der Waals surface area contributed by atoms with Gasteiger partial charge in [0.25, 0.3) is 0 Å². The predicted octanol–water partition coefficient (Wildman–Crippen LogP) is 6.27. The topological polar surface area (TPSA) is 47.9 Å². The fourth-order valence-electron chi connectivity index (χ4n) is 3.31. The second kappa shape index (κ2) is 9.77. The second-order valence-corrected chi connectivity index (χ2v) is 7.32. The zero-order valence-electron chi connectivity index (χ0n) is 17.4. The van der Waals surface area contributed by atoms with Crippen molar-refractivity contribution in [1.29, 1.82) is 0 Å². The molecular formula is C25H19F4N3O. The van der Waals surface area contributed by atoms with Crippen molar-refractivity contribution in [2.45, 2.75) is 19.0 Å². The maximum Gasteiger partial charge on any atom is 0.392 e. The van der Waals surface area contributed by atoms with Crippen molar-refractivity contribution in [3.05, 3.63) is 96.3 Å². The second-order valence-electron chi connectivity index (χ2n) is 7.32. The summed E-state index contributed by atoms with van der Waals surface area (Å²) in [6, 6.07) is 19.7. The molecule has 0 N–H and O–H groups in total. The predicted molar refractivity (Wildman–Crippen MR) is 116 cm³/mol. The van der Waals surface area contributed by atoms with E-state index in [4.69, 9.17) is 9.72 Å². The van der Waals surface area contributed by atoms with Crippen LogP contribution in [0.5, 0.6) is 5.88 Å². The van der Waals surface area contributed by atoms with Gasteiger partial charge in [-0.2, -0.15) is 17.6 Å². The normalized spacial score (nSPS) is 11.4. The molecule has 1 aromatic carbocycles. The van der Waals surface area contributed by atoms with Gasteiger partial charge in [-0.25, -0.2) is 9.97 Å². The third kappa shape index (κ3) is 6.12. The highest BCUT2D eigenvalue weighted by Gasteiger charge is 2.26. The standard InChI is InChI=1S/C25H19F4N3O/c26-23-10-8-18(15-30-23)21-6-2-1-4-17(21)14-20-5-3-7-22(32-20)19-9-11-24(31-16-19)33-13-12-25(27,28)29/h1-11,15-16H,12-14H2. The summed E-state index contributed by atoms with van der Waals surface area (Å²) < 4.78 is 55.0. The van der Waals surface area contributed by atoms with Crippen LogP contribution in [0.25, 0.3) is 22.4 Å². The first kappa shape index (κ1) is 22.4. The lowest BCUT2D eigenvalue weighted by atomic mass is 9.97. The maximum absolute atomic E-state index is 13.2. The SMILES string of the molecule is Fc1ccc(-c2ccccc2Cc2cccc(-c3ccc(OCCC(F)(F)F)nc3)n2)cn1. The van der Waals surface area contributed by atoms with E-state index in [1.807, 2.05) is 42.5 Å². The minimum absolute atomic E-state index is 0.126. The van der Waals surface area contributed by atoms with Crippen molar-refractivity contribution >= 4 is 0 Å². The summed E-state index contributed by atoms with van der Waals surface area (Å²) in [5.74, 6) is -0.406. The van der Waals surface area contributed by atoms with Gasteiger partial charge in [-0.1, -0.05) is 30.3 Å². The Labute approximate surface area is 187 Å². The molecular weight excluding hydrogens is 434 g/mol. The lowest BCUT2D eigenvalue weighted by Crippen LogP contribution is -2.13. The minimum atomic E-state index is -4.27. The average Bonchev–Trinajstić information content (AvgIpc) is 2.80. The Balaban J connectivity index is 1.50. The molecule has 168 valence electrons. The van der Waals surface area contributed by atoms with E-state index in [-0.39, 0.29) is 5.88 Å². The molecule has 0 aliphatic heterocycles. The van der Waals surface area contributed by atoms with Gasteiger partial charge in [0, 0.05) is 41.7 Å². The number of alkyl halides is 3. The summed E-state index contributed by atoms with van der Waals surface area (Å²) in [6.07, 6.45) is -1.73. The first-order valence-electron chi connectivity index (χ1n) is 10.2. The molecule has 0 atom stereocenters. The fraction of sp³-hybridized carbons (Fsp3) is 0.160. The molecule has 0 spiro atoms. The number of nitrogens with zero attached hydrogens (tertiary/aromatic N) is 3. The zero-order valence-corrected chi connectivity index (χ0v) is 17.4. The Morgan fingerprint density at radius 2 is 1.58 bits per heavy atom. The molecule has 4 aromatic rings. The number of hydrogen-bond acceptors (Lipinski definition) is 4. The molecule has 0 fully saturated rings. The summed E-state index contributed by atoms with van der Waals surface area (Å²) in [6.45, 7) is -0.480. The number of benzene rings is 1. The van der Waals surface area contributed by atoms with Crippen LogP contribution in [0.4, 0.5) is 17.6 Å².